The van der Waals surface area contributed by atoms with Crippen LogP contribution in [-0.2, 0) is 24.1 Å². The van der Waals surface area contributed by atoms with Crippen molar-refractivity contribution in [1.29, 1.82) is 0 Å². The summed E-state index contributed by atoms with van der Waals surface area (Å²) in [6.45, 7) is 0.646. The molecule has 1 heterocycles. The van der Waals surface area contributed by atoms with E-state index in [1.54, 1.807) is 6.92 Å². The average Bonchev–Trinajstić information content (AvgIpc) is 2.59. The van der Waals surface area contributed by atoms with E-state index in [0.29, 0.717) is 0 Å². The summed E-state index contributed by atoms with van der Waals surface area (Å²) in [5.41, 5.74) is -0.792. The predicted molar refractivity (Wildman–Crippen MR) is 89.0 cm³/mol. The van der Waals surface area contributed by atoms with Crippen LogP contribution in [0.4, 0.5) is 23.4 Å². The zero-order valence-corrected chi connectivity index (χ0v) is 14.4. The van der Waals surface area contributed by atoms with Gasteiger partial charge >= 0.3 is 12.1 Å². The van der Waals surface area contributed by atoms with Crippen molar-refractivity contribution in [3.05, 3.63) is 51.4 Å². The summed E-state index contributed by atoms with van der Waals surface area (Å²) >= 11 is 4.89. The second-order valence-corrected chi connectivity index (χ2v) is 5.61. The number of carbonyl (C=O) groups is 1. The molecule has 0 fully saturated rings. The number of benzene rings is 1. The number of rotatable bonds is 6. The highest BCUT2D eigenvalue weighted by Gasteiger charge is 2.31. The largest absolute Gasteiger partial charge is 0.462 e. The first-order chi connectivity index (χ1) is 12.2. The highest BCUT2D eigenvalue weighted by Crippen LogP contribution is 2.31. The molecule has 2 aromatic rings. The number of alkyl halides is 4. The van der Waals surface area contributed by atoms with E-state index in [-0.39, 0.29) is 40.4 Å². The molecule has 0 spiro atoms. The second-order valence-electron chi connectivity index (χ2n) is 5.22. The first-order valence-corrected chi connectivity index (χ1v) is 7.91. The smallest absolute Gasteiger partial charge is 0.416 e. The van der Waals surface area contributed by atoms with E-state index >= 15 is 0 Å². The topological polar surface area (TPSA) is 67.0 Å². The van der Waals surface area contributed by atoms with Crippen molar-refractivity contribution in [2.45, 2.75) is 26.3 Å². The Hall–Kier alpha value is -2.49. The number of halogens is 4. The van der Waals surface area contributed by atoms with Gasteiger partial charge < -0.3 is 15.0 Å². The number of anilines is 1. The van der Waals surface area contributed by atoms with E-state index in [2.05, 4.69) is 15.3 Å². The van der Waals surface area contributed by atoms with Crippen molar-refractivity contribution in [3.8, 4) is 0 Å². The lowest BCUT2D eigenvalue weighted by Crippen LogP contribution is -2.13. The standard InChI is InChI=1S/C16H15F4N3O2S/c1-2-25-14(24)12-8-22-15(26)23-13(12)21-7-10-3-9(6-17)4-11(5-10)16(18,19)20/h3-5,8H,2,6-7H2,1H3,(H2,21,22,23,26). The second kappa shape index (κ2) is 8.26. The SMILES string of the molecule is CCOC(=O)c1cnc(=S)[nH]c1NCc1cc(CF)cc(C(F)(F)F)c1. The zero-order valence-electron chi connectivity index (χ0n) is 13.6. The third kappa shape index (κ3) is 5.01. The molecule has 2 N–H and O–H groups in total. The Balaban J connectivity index is 2.30. The Bertz CT molecular complexity index is 852. The van der Waals surface area contributed by atoms with Crippen LogP contribution in [0.1, 0.15) is 34.0 Å². The number of nitrogens with one attached hydrogen (secondary N) is 2. The summed E-state index contributed by atoms with van der Waals surface area (Å²) in [5.74, 6) is -0.509. The fourth-order valence-corrected chi connectivity index (χ4v) is 2.35. The Morgan fingerprint density at radius 2 is 2.00 bits per heavy atom. The number of H-pyrrole nitrogens is 1. The minimum Gasteiger partial charge on any atom is -0.462 e. The van der Waals surface area contributed by atoms with E-state index in [4.69, 9.17) is 17.0 Å². The molecule has 1 aromatic carbocycles. The van der Waals surface area contributed by atoms with Gasteiger partial charge in [0.15, 0.2) is 4.77 Å². The van der Waals surface area contributed by atoms with E-state index in [1.807, 2.05) is 0 Å². The molecule has 1 aromatic heterocycles. The molecule has 0 unspecified atom stereocenters. The van der Waals surface area contributed by atoms with E-state index in [0.717, 1.165) is 12.1 Å². The summed E-state index contributed by atoms with van der Waals surface area (Å²) in [5, 5.41) is 2.79. The molecule has 10 heteroatoms. The lowest BCUT2D eigenvalue weighted by molar-refractivity contribution is -0.137. The van der Waals surface area contributed by atoms with Gasteiger partial charge in [-0.25, -0.2) is 14.2 Å². The van der Waals surface area contributed by atoms with Gasteiger partial charge in [-0.15, -0.1) is 0 Å². The number of ether oxygens (including phenoxy) is 1. The van der Waals surface area contributed by atoms with Gasteiger partial charge in [-0.2, -0.15) is 13.2 Å². The molecule has 0 amide bonds. The maximum Gasteiger partial charge on any atom is 0.416 e. The molecule has 2 rings (SSSR count). The first-order valence-electron chi connectivity index (χ1n) is 7.51. The van der Waals surface area contributed by atoms with Gasteiger partial charge in [0.1, 0.15) is 18.1 Å². The molecule has 0 radical (unpaired) electrons. The van der Waals surface area contributed by atoms with Gasteiger partial charge in [0, 0.05) is 12.7 Å². The van der Waals surface area contributed by atoms with Gasteiger partial charge in [-0.1, -0.05) is 6.07 Å². The van der Waals surface area contributed by atoms with Crippen LogP contribution in [0.2, 0.25) is 0 Å². The Labute approximate surface area is 151 Å². The van der Waals surface area contributed by atoms with Crippen molar-refractivity contribution < 1.29 is 27.1 Å². The highest BCUT2D eigenvalue weighted by molar-refractivity contribution is 7.71. The molecule has 0 aliphatic heterocycles. The van der Waals surface area contributed by atoms with Crippen LogP contribution in [0.15, 0.2) is 24.4 Å². The molecule has 0 saturated heterocycles. The number of hydrogen-bond acceptors (Lipinski definition) is 5. The van der Waals surface area contributed by atoms with Crippen LogP contribution in [0.5, 0.6) is 0 Å². The van der Waals surface area contributed by atoms with Crippen molar-refractivity contribution in [2.24, 2.45) is 0 Å². The maximum absolute atomic E-state index is 12.9. The third-order valence-corrected chi connectivity index (χ3v) is 3.52. The summed E-state index contributed by atoms with van der Waals surface area (Å²) in [4.78, 5) is 18.4. The summed E-state index contributed by atoms with van der Waals surface area (Å²) in [6, 6.07) is 2.97. The molecule has 26 heavy (non-hydrogen) atoms. The minimum absolute atomic E-state index is 0.0538. The molecule has 0 aliphatic carbocycles. The normalized spacial score (nSPS) is 11.3. The van der Waals surface area contributed by atoms with Gasteiger partial charge in [-0.05, 0) is 42.4 Å². The van der Waals surface area contributed by atoms with Crippen LogP contribution >= 0.6 is 12.2 Å². The van der Waals surface area contributed by atoms with Crippen LogP contribution in [0.3, 0.4) is 0 Å². The Morgan fingerprint density at radius 3 is 2.62 bits per heavy atom. The number of aromatic nitrogens is 2. The Morgan fingerprint density at radius 1 is 1.31 bits per heavy atom. The molecule has 140 valence electrons. The number of hydrogen-bond donors (Lipinski definition) is 2. The lowest BCUT2D eigenvalue weighted by Gasteiger charge is -2.14. The molecule has 0 bridgehead atoms. The van der Waals surface area contributed by atoms with Crippen molar-refractivity contribution in [3.63, 3.8) is 0 Å². The average molecular weight is 389 g/mol. The van der Waals surface area contributed by atoms with Gasteiger partial charge in [0.25, 0.3) is 0 Å². The predicted octanol–water partition coefficient (Wildman–Crippen LogP) is 4.42. The molecular formula is C16H15F4N3O2S. The minimum atomic E-state index is -4.59. The van der Waals surface area contributed by atoms with Crippen molar-refractivity contribution >= 4 is 24.0 Å². The van der Waals surface area contributed by atoms with Gasteiger partial charge in [0.05, 0.1) is 12.2 Å². The third-order valence-electron chi connectivity index (χ3n) is 3.31. The maximum atomic E-state index is 12.9. The summed E-state index contributed by atoms with van der Waals surface area (Å²) < 4.78 is 56.6. The van der Waals surface area contributed by atoms with Crippen LogP contribution in [-0.4, -0.2) is 22.5 Å². The van der Waals surface area contributed by atoms with Crippen LogP contribution < -0.4 is 5.32 Å². The fourth-order valence-electron chi connectivity index (χ4n) is 2.19. The number of carbonyl (C=O) groups excluding carboxylic acids is 1. The number of aromatic amines is 1. The molecular weight excluding hydrogens is 374 g/mol. The number of esters is 1. The molecule has 0 aliphatic rings. The Kier molecular flexibility index (Phi) is 6.30. The van der Waals surface area contributed by atoms with Gasteiger partial charge in [-0.3, -0.25) is 0 Å². The van der Waals surface area contributed by atoms with Crippen molar-refractivity contribution in [2.75, 3.05) is 11.9 Å². The first kappa shape index (κ1) is 19.8. The van der Waals surface area contributed by atoms with Crippen LogP contribution in [0, 0.1) is 4.77 Å². The highest BCUT2D eigenvalue weighted by atomic mass is 32.1. The van der Waals surface area contributed by atoms with E-state index in [1.165, 1.54) is 12.3 Å². The summed E-state index contributed by atoms with van der Waals surface area (Å²) in [6.07, 6.45) is -3.38. The van der Waals surface area contributed by atoms with E-state index in [9.17, 15) is 22.4 Å². The zero-order chi connectivity index (χ0) is 19.3. The van der Waals surface area contributed by atoms with E-state index < -0.39 is 24.4 Å². The van der Waals surface area contributed by atoms with Gasteiger partial charge in [0.2, 0.25) is 0 Å². The van der Waals surface area contributed by atoms with Crippen LogP contribution in [0.25, 0.3) is 0 Å². The van der Waals surface area contributed by atoms with Crippen molar-refractivity contribution in [1.82, 2.24) is 9.97 Å². The molecule has 0 saturated carbocycles. The fraction of sp³-hybridized carbons (Fsp3) is 0.312. The monoisotopic (exact) mass is 389 g/mol. The summed E-state index contributed by atoms with van der Waals surface area (Å²) in [7, 11) is 0. The number of nitrogens with zero attached hydrogens (tertiary/aromatic N) is 1. The molecule has 0 atom stereocenters. The quantitative estimate of drug-likeness (QED) is 0.435. The lowest BCUT2D eigenvalue weighted by atomic mass is 10.1. The molecule has 5 nitrogen and oxygen atoms in total.